The van der Waals surface area contributed by atoms with Crippen LogP contribution in [0.1, 0.15) is 25.3 Å². The Morgan fingerprint density at radius 3 is 2.81 bits per heavy atom. The molecule has 2 rings (SSSR count). The van der Waals surface area contributed by atoms with Gasteiger partial charge in [-0.1, -0.05) is 6.92 Å². The van der Waals surface area contributed by atoms with Crippen molar-refractivity contribution in [3.05, 3.63) is 33.9 Å². The Morgan fingerprint density at radius 2 is 2.24 bits per heavy atom. The van der Waals surface area contributed by atoms with Crippen LogP contribution in [-0.2, 0) is 4.74 Å². The van der Waals surface area contributed by atoms with Gasteiger partial charge in [-0.15, -0.1) is 0 Å². The van der Waals surface area contributed by atoms with E-state index in [4.69, 9.17) is 9.47 Å². The minimum Gasteiger partial charge on any atom is -0.488 e. The number of aryl methyl sites for hydroxylation is 1. The van der Waals surface area contributed by atoms with E-state index in [-0.39, 0.29) is 22.8 Å². The van der Waals surface area contributed by atoms with Gasteiger partial charge in [-0.25, -0.2) is 0 Å². The van der Waals surface area contributed by atoms with Gasteiger partial charge in [0.1, 0.15) is 18.0 Å². The van der Waals surface area contributed by atoms with Crippen LogP contribution in [0.2, 0.25) is 0 Å². The molecule has 6 heteroatoms. The molecule has 0 aliphatic heterocycles. The van der Waals surface area contributed by atoms with Crippen molar-refractivity contribution in [1.82, 2.24) is 5.32 Å². The quantitative estimate of drug-likeness (QED) is 0.617. The fraction of sp³-hybridized carbons (Fsp3) is 0.600. The molecular formula is C15H22N2O4. The number of rotatable bonds is 7. The fourth-order valence-corrected chi connectivity index (χ4v) is 2.54. The average Bonchev–Trinajstić information content (AvgIpc) is 2.43. The lowest BCUT2D eigenvalue weighted by molar-refractivity contribution is -0.385. The van der Waals surface area contributed by atoms with Crippen LogP contribution in [0, 0.1) is 17.0 Å². The van der Waals surface area contributed by atoms with Crippen LogP contribution in [0.3, 0.4) is 0 Å². The van der Waals surface area contributed by atoms with Crippen molar-refractivity contribution in [3.63, 3.8) is 0 Å². The smallest absolute Gasteiger partial charge is 0.272 e. The van der Waals surface area contributed by atoms with E-state index < -0.39 is 0 Å². The van der Waals surface area contributed by atoms with Gasteiger partial charge in [0.25, 0.3) is 5.69 Å². The van der Waals surface area contributed by atoms with Crippen molar-refractivity contribution in [3.8, 4) is 5.75 Å². The zero-order valence-corrected chi connectivity index (χ0v) is 12.7. The Bertz CT molecular complexity index is 506. The number of nitro benzene ring substituents is 1. The van der Waals surface area contributed by atoms with Crippen molar-refractivity contribution < 1.29 is 14.4 Å². The van der Waals surface area contributed by atoms with Gasteiger partial charge in [-0.3, -0.25) is 10.1 Å². The second-order valence-electron chi connectivity index (χ2n) is 5.33. The third kappa shape index (κ3) is 3.51. The van der Waals surface area contributed by atoms with E-state index in [1.54, 1.807) is 19.1 Å². The highest BCUT2D eigenvalue weighted by atomic mass is 16.6. The summed E-state index contributed by atoms with van der Waals surface area (Å²) in [6, 6.07) is 5.15. The molecule has 0 radical (unpaired) electrons. The van der Waals surface area contributed by atoms with E-state index in [1.165, 1.54) is 6.07 Å². The molecule has 1 N–H and O–H groups in total. The minimum atomic E-state index is -0.382. The normalized spacial score (nSPS) is 24.4. The lowest BCUT2D eigenvalue weighted by atomic mass is 9.85. The van der Waals surface area contributed by atoms with Crippen LogP contribution < -0.4 is 10.1 Å². The summed E-state index contributed by atoms with van der Waals surface area (Å²) in [5.41, 5.74) is 0.718. The van der Waals surface area contributed by atoms with Gasteiger partial charge in [-0.2, -0.15) is 0 Å². The Balaban J connectivity index is 2.01. The highest BCUT2D eigenvalue weighted by Crippen LogP contribution is 2.31. The van der Waals surface area contributed by atoms with E-state index in [1.807, 2.05) is 7.05 Å². The highest BCUT2D eigenvalue weighted by molar-refractivity contribution is 5.44. The number of hydrogen-bond donors (Lipinski definition) is 1. The maximum atomic E-state index is 10.8. The number of nitro groups is 1. The van der Waals surface area contributed by atoms with Crippen LogP contribution in [0.5, 0.6) is 5.75 Å². The molecule has 1 aliphatic carbocycles. The van der Waals surface area contributed by atoms with Crippen molar-refractivity contribution >= 4 is 5.69 Å². The topological polar surface area (TPSA) is 73.6 Å². The largest absolute Gasteiger partial charge is 0.488 e. The molecule has 1 aliphatic rings. The summed E-state index contributed by atoms with van der Waals surface area (Å²) in [6.07, 6.45) is 1.87. The molecule has 21 heavy (non-hydrogen) atoms. The van der Waals surface area contributed by atoms with Gasteiger partial charge < -0.3 is 14.8 Å². The van der Waals surface area contributed by atoms with Crippen molar-refractivity contribution in [2.24, 2.45) is 0 Å². The van der Waals surface area contributed by atoms with Gasteiger partial charge in [0, 0.05) is 30.7 Å². The first-order valence-corrected chi connectivity index (χ1v) is 7.27. The van der Waals surface area contributed by atoms with Crippen molar-refractivity contribution in [2.45, 2.75) is 44.9 Å². The van der Waals surface area contributed by atoms with Crippen LogP contribution >= 0.6 is 0 Å². The molecular weight excluding hydrogens is 272 g/mol. The first-order valence-electron chi connectivity index (χ1n) is 7.27. The summed E-state index contributed by atoms with van der Waals surface area (Å²) in [6.45, 7) is 4.50. The molecule has 0 amide bonds. The van der Waals surface area contributed by atoms with E-state index in [2.05, 4.69) is 12.2 Å². The van der Waals surface area contributed by atoms with Crippen LogP contribution in [0.25, 0.3) is 0 Å². The molecule has 0 saturated heterocycles. The van der Waals surface area contributed by atoms with Crippen LogP contribution in [0.15, 0.2) is 18.2 Å². The number of likely N-dealkylation sites (N-methyl/N-ethyl adjacent to an activating group) is 1. The predicted molar refractivity (Wildman–Crippen MR) is 79.7 cm³/mol. The molecule has 1 fully saturated rings. The highest BCUT2D eigenvalue weighted by Gasteiger charge is 2.43. The van der Waals surface area contributed by atoms with Crippen molar-refractivity contribution in [1.29, 1.82) is 0 Å². The molecule has 1 saturated carbocycles. The molecule has 116 valence electrons. The number of hydrogen-bond acceptors (Lipinski definition) is 5. The second kappa shape index (κ2) is 6.87. The molecule has 1 aromatic rings. The standard InChI is InChI=1S/C15H22N2O4/c1-4-7-20-15-12(16-3)9-14(15)21-11-5-6-13(17(18)19)10(2)8-11/h5-6,8,12,14-16H,4,7,9H2,1-3H3. The number of benzene rings is 1. The summed E-state index contributed by atoms with van der Waals surface area (Å²) < 4.78 is 11.7. The van der Waals surface area contributed by atoms with E-state index in [9.17, 15) is 10.1 Å². The molecule has 0 aromatic heterocycles. The summed E-state index contributed by atoms with van der Waals surface area (Å²) >= 11 is 0. The summed E-state index contributed by atoms with van der Waals surface area (Å²) in [5, 5.41) is 14.0. The molecule has 0 bridgehead atoms. The zero-order valence-electron chi connectivity index (χ0n) is 12.7. The fourth-order valence-electron chi connectivity index (χ4n) is 2.54. The lowest BCUT2D eigenvalue weighted by Crippen LogP contribution is -2.60. The first kappa shape index (κ1) is 15.7. The monoisotopic (exact) mass is 294 g/mol. The Kier molecular flexibility index (Phi) is 5.14. The molecule has 0 heterocycles. The number of nitrogens with zero attached hydrogens (tertiary/aromatic N) is 1. The average molecular weight is 294 g/mol. The Hall–Kier alpha value is -1.66. The van der Waals surface area contributed by atoms with E-state index >= 15 is 0 Å². The van der Waals surface area contributed by atoms with Gasteiger partial charge in [0.05, 0.1) is 4.92 Å². The molecule has 3 unspecified atom stereocenters. The molecule has 6 nitrogen and oxygen atoms in total. The summed E-state index contributed by atoms with van der Waals surface area (Å²) in [4.78, 5) is 10.4. The van der Waals surface area contributed by atoms with Gasteiger partial charge in [-0.05, 0) is 32.5 Å². The third-order valence-corrected chi connectivity index (χ3v) is 3.79. The molecule has 0 spiro atoms. The number of ether oxygens (including phenoxy) is 2. The Morgan fingerprint density at radius 1 is 1.48 bits per heavy atom. The van der Waals surface area contributed by atoms with Gasteiger partial charge in [0.15, 0.2) is 0 Å². The maximum Gasteiger partial charge on any atom is 0.272 e. The van der Waals surface area contributed by atoms with Crippen molar-refractivity contribution in [2.75, 3.05) is 13.7 Å². The zero-order chi connectivity index (χ0) is 15.4. The minimum absolute atomic E-state index is 0.00476. The maximum absolute atomic E-state index is 10.8. The van der Waals surface area contributed by atoms with E-state index in [0.29, 0.717) is 24.0 Å². The molecule has 1 aromatic carbocycles. The SMILES string of the molecule is CCCOC1C(NC)CC1Oc1ccc([N+](=O)[O-])c(C)c1. The molecule has 3 atom stereocenters. The second-order valence-corrected chi connectivity index (χ2v) is 5.33. The van der Waals surface area contributed by atoms with Gasteiger partial charge >= 0.3 is 0 Å². The van der Waals surface area contributed by atoms with Crippen LogP contribution in [-0.4, -0.2) is 36.8 Å². The lowest BCUT2D eigenvalue weighted by Gasteiger charge is -2.43. The Labute approximate surface area is 124 Å². The predicted octanol–water partition coefficient (Wildman–Crippen LogP) is 2.44. The van der Waals surface area contributed by atoms with Crippen LogP contribution in [0.4, 0.5) is 5.69 Å². The number of nitrogens with one attached hydrogen (secondary N) is 1. The van der Waals surface area contributed by atoms with Gasteiger partial charge in [0.2, 0.25) is 0 Å². The third-order valence-electron chi connectivity index (χ3n) is 3.79. The summed E-state index contributed by atoms with van der Waals surface area (Å²) in [7, 11) is 1.92. The first-order chi connectivity index (χ1) is 10.1. The summed E-state index contributed by atoms with van der Waals surface area (Å²) in [5.74, 6) is 0.655. The van der Waals surface area contributed by atoms with E-state index in [0.717, 1.165) is 12.8 Å².